The molecule has 3 aliphatic heterocycles. The molecule has 0 unspecified atom stereocenters. The van der Waals surface area contributed by atoms with Crippen LogP contribution in [0.1, 0.15) is 44.6 Å². The molecule has 6 rings (SSSR count). The predicted molar refractivity (Wildman–Crippen MR) is 141 cm³/mol. The Morgan fingerprint density at radius 3 is 2.49 bits per heavy atom. The number of hydrogen-bond acceptors (Lipinski definition) is 4. The van der Waals surface area contributed by atoms with Crippen molar-refractivity contribution in [3.63, 3.8) is 0 Å². The molecule has 1 saturated carbocycles. The van der Waals surface area contributed by atoms with E-state index in [0.29, 0.717) is 17.8 Å². The van der Waals surface area contributed by atoms with Gasteiger partial charge >= 0.3 is 0 Å². The zero-order chi connectivity index (χ0) is 25.6. The first-order valence-electron chi connectivity index (χ1n) is 13.5. The lowest BCUT2D eigenvalue weighted by atomic mass is 9.74. The molecule has 0 aromatic heterocycles. The molecular weight excluding hydrogens is 466 g/mol. The fraction of sp³-hybridized carbons (Fsp3) is 0.433. The van der Waals surface area contributed by atoms with Gasteiger partial charge in [-0.25, -0.2) is 0 Å². The number of aryl methyl sites for hydroxylation is 1. The second-order valence-electron chi connectivity index (χ2n) is 10.6. The maximum absolute atomic E-state index is 14.3. The molecule has 7 heteroatoms. The zero-order valence-corrected chi connectivity index (χ0v) is 21.1. The van der Waals surface area contributed by atoms with E-state index in [4.69, 9.17) is 4.74 Å². The average Bonchev–Trinajstić information content (AvgIpc) is 3.57. The predicted octanol–water partition coefficient (Wildman–Crippen LogP) is 3.99. The maximum Gasteiger partial charge on any atom is 0.246 e. The Labute approximate surface area is 217 Å². The Bertz CT molecular complexity index is 1240. The first kappa shape index (κ1) is 23.9. The lowest BCUT2D eigenvalue weighted by molar-refractivity contribution is -0.129. The number of carbonyl (C=O) groups excluding carboxylic acids is 3. The van der Waals surface area contributed by atoms with E-state index in [0.717, 1.165) is 31.2 Å². The Kier molecular flexibility index (Phi) is 6.11. The molecule has 3 heterocycles. The van der Waals surface area contributed by atoms with Gasteiger partial charge in [0.1, 0.15) is 11.6 Å². The Morgan fingerprint density at radius 2 is 1.73 bits per heavy atom. The molecule has 3 amide bonds. The van der Waals surface area contributed by atoms with Gasteiger partial charge in [0.2, 0.25) is 17.7 Å². The number of para-hydroxylation sites is 2. The summed E-state index contributed by atoms with van der Waals surface area (Å²) in [5, 5.41) is 6.21. The fourth-order valence-electron chi connectivity index (χ4n) is 6.75. The number of amides is 3. The van der Waals surface area contributed by atoms with Crippen molar-refractivity contribution in [2.75, 3.05) is 10.2 Å². The van der Waals surface area contributed by atoms with Crippen LogP contribution >= 0.6 is 0 Å². The van der Waals surface area contributed by atoms with Crippen molar-refractivity contribution in [1.82, 2.24) is 5.32 Å². The summed E-state index contributed by atoms with van der Waals surface area (Å²) >= 11 is 0. The van der Waals surface area contributed by atoms with Crippen LogP contribution in [0.15, 0.2) is 66.7 Å². The molecule has 0 radical (unpaired) electrons. The normalized spacial score (nSPS) is 30.4. The lowest BCUT2D eigenvalue weighted by Gasteiger charge is -2.34. The van der Waals surface area contributed by atoms with Gasteiger partial charge in [-0.05, 0) is 43.0 Å². The number of rotatable bonds is 6. The van der Waals surface area contributed by atoms with Gasteiger partial charge in [0.05, 0.1) is 17.9 Å². The van der Waals surface area contributed by atoms with Gasteiger partial charge in [0.15, 0.2) is 0 Å². The summed E-state index contributed by atoms with van der Waals surface area (Å²) in [6, 6.07) is 16.1. The monoisotopic (exact) mass is 499 g/mol. The third kappa shape index (κ3) is 3.87. The largest absolute Gasteiger partial charge is 0.359 e. The van der Waals surface area contributed by atoms with E-state index in [9.17, 15) is 14.4 Å². The van der Waals surface area contributed by atoms with Crippen molar-refractivity contribution in [1.29, 1.82) is 0 Å². The zero-order valence-electron chi connectivity index (χ0n) is 21.1. The lowest BCUT2D eigenvalue weighted by Crippen LogP contribution is -2.56. The standard InChI is InChI=1S/C30H33N3O4/c1-2-19-11-9-10-16-22(19)33-26(28(35)32-21-14-7-4-8-15-21)30-18-17-23(37-30)24(25(30)29(33)36)27(34)31-20-12-5-3-6-13-20/h3,5-6,9-13,16-18,21,23-26H,2,4,7-8,14-15H2,1H3,(H,31,34)(H,32,35)/t23-,24+,25-,26+,30-/m1/s1. The minimum absolute atomic E-state index is 0.0924. The molecular formula is C30H33N3O4. The second-order valence-corrected chi connectivity index (χ2v) is 10.6. The maximum atomic E-state index is 14.3. The van der Waals surface area contributed by atoms with Gasteiger partial charge in [-0.2, -0.15) is 0 Å². The fourth-order valence-corrected chi connectivity index (χ4v) is 6.75. The minimum Gasteiger partial charge on any atom is -0.359 e. The third-order valence-corrected chi connectivity index (χ3v) is 8.45. The van der Waals surface area contributed by atoms with Gasteiger partial charge in [-0.15, -0.1) is 0 Å². The number of carbonyl (C=O) groups is 3. The Morgan fingerprint density at radius 1 is 1.00 bits per heavy atom. The summed E-state index contributed by atoms with van der Waals surface area (Å²) in [4.78, 5) is 43.5. The highest BCUT2D eigenvalue weighted by Crippen LogP contribution is 2.56. The van der Waals surface area contributed by atoms with Gasteiger partial charge < -0.3 is 15.4 Å². The van der Waals surface area contributed by atoms with Gasteiger partial charge in [0, 0.05) is 17.4 Å². The summed E-state index contributed by atoms with van der Waals surface area (Å²) in [6.45, 7) is 2.04. The highest BCUT2D eigenvalue weighted by Gasteiger charge is 2.73. The molecule has 3 fully saturated rings. The average molecular weight is 500 g/mol. The Hall–Kier alpha value is -3.45. The van der Waals surface area contributed by atoms with Gasteiger partial charge in [0.25, 0.3) is 0 Å². The summed E-state index contributed by atoms with van der Waals surface area (Å²) in [6.07, 6.45) is 9.13. The van der Waals surface area contributed by atoms with E-state index in [2.05, 4.69) is 10.6 Å². The number of benzene rings is 2. The quantitative estimate of drug-likeness (QED) is 0.589. The number of anilines is 2. The molecule has 1 aliphatic carbocycles. The SMILES string of the molecule is CCc1ccccc1N1C(=O)[C@H]2[C@@H](C(=O)Nc3ccccc3)[C@H]3C=C[C@]2(O3)[C@@H]1C(=O)NC1CCCCC1. The summed E-state index contributed by atoms with van der Waals surface area (Å²) in [5.74, 6) is -2.20. The molecule has 192 valence electrons. The second kappa shape index (κ2) is 9.45. The van der Waals surface area contributed by atoms with E-state index in [-0.39, 0.29) is 23.8 Å². The number of fused-ring (bicyclic) bond motifs is 1. The van der Waals surface area contributed by atoms with Crippen LogP contribution in [0, 0.1) is 11.8 Å². The highest BCUT2D eigenvalue weighted by molar-refractivity contribution is 6.11. The number of ether oxygens (including phenoxy) is 1. The topological polar surface area (TPSA) is 87.7 Å². The first-order valence-corrected chi connectivity index (χ1v) is 13.5. The van der Waals surface area contributed by atoms with Crippen molar-refractivity contribution in [2.45, 2.75) is 69.2 Å². The smallest absolute Gasteiger partial charge is 0.246 e. The van der Waals surface area contributed by atoms with Crippen LogP contribution in [-0.2, 0) is 25.5 Å². The number of nitrogens with zero attached hydrogens (tertiary/aromatic N) is 1. The summed E-state index contributed by atoms with van der Waals surface area (Å²) < 4.78 is 6.48. The van der Waals surface area contributed by atoms with Gasteiger partial charge in [-0.1, -0.05) is 74.7 Å². The van der Waals surface area contributed by atoms with E-state index in [1.807, 2.05) is 73.7 Å². The molecule has 4 aliphatic rings. The van der Waals surface area contributed by atoms with Crippen LogP contribution in [0.2, 0.25) is 0 Å². The molecule has 37 heavy (non-hydrogen) atoms. The van der Waals surface area contributed by atoms with Crippen LogP contribution in [0.4, 0.5) is 11.4 Å². The van der Waals surface area contributed by atoms with Crippen LogP contribution in [0.25, 0.3) is 0 Å². The molecule has 2 bridgehead atoms. The van der Waals surface area contributed by atoms with Crippen molar-refractivity contribution in [3.05, 3.63) is 72.3 Å². The van der Waals surface area contributed by atoms with E-state index < -0.39 is 29.6 Å². The highest BCUT2D eigenvalue weighted by atomic mass is 16.5. The third-order valence-electron chi connectivity index (χ3n) is 8.45. The van der Waals surface area contributed by atoms with E-state index >= 15 is 0 Å². The number of nitrogens with one attached hydrogen (secondary N) is 2. The van der Waals surface area contributed by atoms with Crippen molar-refractivity contribution >= 4 is 29.1 Å². The number of hydrogen-bond donors (Lipinski definition) is 2. The van der Waals surface area contributed by atoms with Crippen LogP contribution in [-0.4, -0.2) is 41.5 Å². The molecule has 2 saturated heterocycles. The molecule has 2 N–H and O–H groups in total. The van der Waals surface area contributed by atoms with Crippen LogP contribution < -0.4 is 15.5 Å². The minimum atomic E-state index is -1.18. The van der Waals surface area contributed by atoms with Crippen LogP contribution in [0.3, 0.4) is 0 Å². The summed E-state index contributed by atoms with van der Waals surface area (Å²) in [5.41, 5.74) is 1.18. The van der Waals surface area contributed by atoms with E-state index in [1.165, 1.54) is 6.42 Å². The van der Waals surface area contributed by atoms with Crippen molar-refractivity contribution in [3.8, 4) is 0 Å². The van der Waals surface area contributed by atoms with Crippen molar-refractivity contribution < 1.29 is 19.1 Å². The molecule has 2 aromatic rings. The molecule has 1 spiro atoms. The molecule has 2 aromatic carbocycles. The summed E-state index contributed by atoms with van der Waals surface area (Å²) in [7, 11) is 0. The van der Waals surface area contributed by atoms with Crippen LogP contribution in [0.5, 0.6) is 0 Å². The molecule has 5 atom stereocenters. The molecule has 7 nitrogen and oxygen atoms in total. The van der Waals surface area contributed by atoms with E-state index in [1.54, 1.807) is 4.90 Å². The Balaban J connectivity index is 1.39. The van der Waals surface area contributed by atoms with Gasteiger partial charge in [-0.3, -0.25) is 19.3 Å². The van der Waals surface area contributed by atoms with Crippen molar-refractivity contribution in [2.24, 2.45) is 11.8 Å². The first-order chi connectivity index (χ1) is 18.0.